The van der Waals surface area contributed by atoms with Gasteiger partial charge in [0.05, 0.1) is 11.4 Å². The lowest BCUT2D eigenvalue weighted by Gasteiger charge is -2.09. The van der Waals surface area contributed by atoms with Gasteiger partial charge in [-0.2, -0.15) is 0 Å². The molecule has 1 aromatic carbocycles. The first-order chi connectivity index (χ1) is 8.97. The molecule has 0 radical (unpaired) electrons. The fraction of sp³-hybridized carbons (Fsp3) is 0.333. The molecule has 4 heteroatoms. The molecule has 1 heterocycles. The van der Waals surface area contributed by atoms with E-state index in [0.29, 0.717) is 11.0 Å². The average Bonchev–Trinajstić information content (AvgIpc) is 2.71. The number of hydrogen-bond donors (Lipinski definition) is 0. The van der Waals surface area contributed by atoms with Gasteiger partial charge in [-0.05, 0) is 38.8 Å². The van der Waals surface area contributed by atoms with Crippen LogP contribution < -0.4 is 0 Å². The van der Waals surface area contributed by atoms with Crippen LogP contribution in [0.2, 0.25) is 0 Å². The molecule has 0 saturated carbocycles. The van der Waals surface area contributed by atoms with Crippen molar-refractivity contribution >= 4 is 17.5 Å². The average molecular weight is 275 g/mol. The van der Waals surface area contributed by atoms with Crippen molar-refractivity contribution in [3.63, 3.8) is 0 Å². The molecular weight excluding hydrogens is 258 g/mol. The van der Waals surface area contributed by atoms with Gasteiger partial charge in [-0.15, -0.1) is 0 Å². The van der Waals surface area contributed by atoms with Gasteiger partial charge in [0.25, 0.3) is 5.22 Å². The fourth-order valence-corrected chi connectivity index (χ4v) is 2.94. The Morgan fingerprint density at radius 2 is 1.84 bits per heavy atom. The lowest BCUT2D eigenvalue weighted by Crippen LogP contribution is -2.07. The smallest absolute Gasteiger partial charge is 0.256 e. The van der Waals surface area contributed by atoms with Gasteiger partial charge < -0.3 is 4.42 Å². The summed E-state index contributed by atoms with van der Waals surface area (Å²) < 4.78 is 5.23. The van der Waals surface area contributed by atoms with Gasteiger partial charge in [0, 0.05) is 5.56 Å². The summed E-state index contributed by atoms with van der Waals surface area (Å²) in [6.45, 7) is 7.86. The molecular formula is C15H17NO2S. The molecule has 0 unspecified atom stereocenters. The van der Waals surface area contributed by atoms with Crippen LogP contribution in [0.25, 0.3) is 0 Å². The maximum Gasteiger partial charge on any atom is 0.256 e. The Hall–Kier alpha value is -1.55. The number of carbonyl (C=O) groups is 1. The Morgan fingerprint density at radius 1 is 1.21 bits per heavy atom. The van der Waals surface area contributed by atoms with Crippen LogP contribution in [0.3, 0.4) is 0 Å². The Morgan fingerprint density at radius 3 is 2.37 bits per heavy atom. The summed E-state index contributed by atoms with van der Waals surface area (Å²) in [7, 11) is 0. The number of benzene rings is 1. The third-order valence-electron chi connectivity index (χ3n) is 2.88. The quantitative estimate of drug-likeness (QED) is 0.627. The minimum absolute atomic E-state index is 0.121. The van der Waals surface area contributed by atoms with Crippen LogP contribution in [-0.4, -0.2) is 16.5 Å². The molecule has 0 saturated heterocycles. The number of rotatable bonds is 4. The van der Waals surface area contributed by atoms with E-state index in [0.717, 1.165) is 22.4 Å². The number of Topliss-reactive ketones (excluding diaryl/α,β-unsaturated/α-hetero) is 1. The van der Waals surface area contributed by atoms with E-state index in [1.54, 1.807) is 6.26 Å². The van der Waals surface area contributed by atoms with Crippen LogP contribution in [0, 0.1) is 27.7 Å². The van der Waals surface area contributed by atoms with Gasteiger partial charge in [0.15, 0.2) is 5.78 Å². The number of ketones is 1. The number of nitrogens with zero attached hydrogens (tertiary/aromatic N) is 1. The summed E-state index contributed by atoms with van der Waals surface area (Å²) in [5.74, 6) is 0.473. The highest BCUT2D eigenvalue weighted by atomic mass is 32.2. The Bertz CT molecular complexity index is 593. The number of hydrogen-bond acceptors (Lipinski definition) is 4. The number of aromatic nitrogens is 1. The molecule has 0 fully saturated rings. The summed E-state index contributed by atoms with van der Waals surface area (Å²) in [6.07, 6.45) is 1.59. The predicted molar refractivity (Wildman–Crippen MR) is 76.9 cm³/mol. The SMILES string of the molecule is Cc1cc(C)c(C(=O)CSc2nc(C)co2)c(C)c1. The Labute approximate surface area is 117 Å². The van der Waals surface area contributed by atoms with E-state index in [9.17, 15) is 4.79 Å². The van der Waals surface area contributed by atoms with Crippen molar-refractivity contribution < 1.29 is 9.21 Å². The molecule has 2 rings (SSSR count). The van der Waals surface area contributed by atoms with E-state index in [1.165, 1.54) is 17.3 Å². The molecule has 19 heavy (non-hydrogen) atoms. The van der Waals surface area contributed by atoms with Crippen molar-refractivity contribution in [3.05, 3.63) is 46.3 Å². The van der Waals surface area contributed by atoms with E-state index in [-0.39, 0.29) is 5.78 Å². The zero-order valence-corrected chi connectivity index (χ0v) is 12.4. The number of carbonyl (C=O) groups excluding carboxylic acids is 1. The molecule has 3 nitrogen and oxygen atoms in total. The van der Waals surface area contributed by atoms with Gasteiger partial charge in [-0.3, -0.25) is 4.79 Å². The zero-order valence-electron chi connectivity index (χ0n) is 11.6. The van der Waals surface area contributed by atoms with Crippen LogP contribution in [0.15, 0.2) is 28.0 Å². The maximum absolute atomic E-state index is 12.3. The first-order valence-electron chi connectivity index (χ1n) is 6.13. The Balaban J connectivity index is 2.12. The summed E-state index contributed by atoms with van der Waals surface area (Å²) in [5.41, 5.74) is 4.90. The molecule has 0 bridgehead atoms. The molecule has 0 aliphatic carbocycles. The van der Waals surface area contributed by atoms with Crippen LogP contribution in [-0.2, 0) is 0 Å². The highest BCUT2D eigenvalue weighted by Gasteiger charge is 2.14. The molecule has 0 atom stereocenters. The van der Waals surface area contributed by atoms with Gasteiger partial charge >= 0.3 is 0 Å². The highest BCUT2D eigenvalue weighted by molar-refractivity contribution is 7.99. The lowest BCUT2D eigenvalue weighted by molar-refractivity contribution is 0.102. The molecule has 0 N–H and O–H groups in total. The van der Waals surface area contributed by atoms with Gasteiger partial charge in [0.2, 0.25) is 0 Å². The van der Waals surface area contributed by atoms with Gasteiger partial charge in [-0.25, -0.2) is 4.98 Å². The molecule has 100 valence electrons. The highest BCUT2D eigenvalue weighted by Crippen LogP contribution is 2.22. The van der Waals surface area contributed by atoms with Crippen molar-refractivity contribution in [2.24, 2.45) is 0 Å². The van der Waals surface area contributed by atoms with E-state index in [1.807, 2.05) is 39.8 Å². The predicted octanol–water partition coefficient (Wildman–Crippen LogP) is 3.88. The van der Waals surface area contributed by atoms with Crippen molar-refractivity contribution in [3.8, 4) is 0 Å². The topological polar surface area (TPSA) is 43.1 Å². The molecule has 0 aliphatic rings. The van der Waals surface area contributed by atoms with Crippen molar-refractivity contribution in [2.75, 3.05) is 5.75 Å². The van der Waals surface area contributed by atoms with E-state index < -0.39 is 0 Å². The molecule has 0 aliphatic heterocycles. The minimum atomic E-state index is 0.121. The van der Waals surface area contributed by atoms with E-state index >= 15 is 0 Å². The first-order valence-corrected chi connectivity index (χ1v) is 7.12. The molecule has 0 amide bonds. The van der Waals surface area contributed by atoms with Crippen molar-refractivity contribution in [1.82, 2.24) is 4.98 Å². The summed E-state index contributed by atoms with van der Waals surface area (Å²) in [6, 6.07) is 4.08. The monoisotopic (exact) mass is 275 g/mol. The lowest BCUT2D eigenvalue weighted by atomic mass is 9.97. The standard InChI is InChI=1S/C15H17NO2S/c1-9-5-10(2)14(11(3)6-9)13(17)8-19-15-16-12(4)7-18-15/h5-7H,8H2,1-4H3. The van der Waals surface area contributed by atoms with Crippen molar-refractivity contribution in [1.29, 1.82) is 0 Å². The van der Waals surface area contributed by atoms with Crippen LogP contribution in [0.5, 0.6) is 0 Å². The van der Waals surface area contributed by atoms with Crippen LogP contribution >= 0.6 is 11.8 Å². The third kappa shape index (κ3) is 3.26. The van der Waals surface area contributed by atoms with E-state index in [2.05, 4.69) is 4.98 Å². The number of thioether (sulfide) groups is 1. The third-order valence-corrected chi connectivity index (χ3v) is 3.72. The fourth-order valence-electron chi connectivity index (χ4n) is 2.22. The van der Waals surface area contributed by atoms with Crippen LogP contribution in [0.1, 0.15) is 32.7 Å². The summed E-state index contributed by atoms with van der Waals surface area (Å²) in [4.78, 5) is 16.5. The summed E-state index contributed by atoms with van der Waals surface area (Å²) >= 11 is 1.34. The second kappa shape index (κ2) is 5.61. The molecule has 1 aromatic heterocycles. The summed E-state index contributed by atoms with van der Waals surface area (Å²) in [5, 5.41) is 0.549. The second-order valence-electron chi connectivity index (χ2n) is 4.74. The number of oxazole rings is 1. The van der Waals surface area contributed by atoms with Gasteiger partial charge in [0.1, 0.15) is 6.26 Å². The number of aryl methyl sites for hydroxylation is 4. The normalized spacial score (nSPS) is 10.7. The zero-order chi connectivity index (χ0) is 14.0. The first kappa shape index (κ1) is 13.9. The van der Waals surface area contributed by atoms with Crippen LogP contribution in [0.4, 0.5) is 0 Å². The largest absolute Gasteiger partial charge is 0.440 e. The van der Waals surface area contributed by atoms with Gasteiger partial charge in [-0.1, -0.05) is 29.5 Å². The van der Waals surface area contributed by atoms with Crippen molar-refractivity contribution in [2.45, 2.75) is 32.9 Å². The van der Waals surface area contributed by atoms with E-state index in [4.69, 9.17) is 4.42 Å². The minimum Gasteiger partial charge on any atom is -0.440 e. The maximum atomic E-state index is 12.3. The molecule has 0 spiro atoms. The Kier molecular flexibility index (Phi) is 4.10. The second-order valence-corrected chi connectivity index (χ2v) is 5.67. The molecule has 2 aromatic rings.